The largest absolute Gasteiger partial charge is 0.494 e. The van der Waals surface area contributed by atoms with Gasteiger partial charge in [0, 0.05) is 24.2 Å². The second-order valence-electron chi connectivity index (χ2n) is 5.96. The molecule has 1 aliphatic heterocycles. The van der Waals surface area contributed by atoms with Crippen molar-refractivity contribution in [3.63, 3.8) is 0 Å². The molecule has 0 spiro atoms. The number of hydrogen-bond acceptors (Lipinski definition) is 3. The van der Waals surface area contributed by atoms with Gasteiger partial charge in [0.2, 0.25) is 0 Å². The number of nitrogens with two attached hydrogens (primary N) is 1. The van der Waals surface area contributed by atoms with Crippen LogP contribution in [0.5, 0.6) is 5.75 Å². The average molecular weight is 306 g/mol. The van der Waals surface area contributed by atoms with E-state index in [1.807, 2.05) is 24.3 Å². The molecular formula is C17H26N2OS. The van der Waals surface area contributed by atoms with Crippen molar-refractivity contribution in [2.75, 3.05) is 13.2 Å². The number of benzene rings is 1. The minimum absolute atomic E-state index is 0.426. The van der Waals surface area contributed by atoms with Gasteiger partial charge in [0.15, 0.2) is 0 Å². The normalized spacial score (nSPS) is 23.0. The Bertz CT molecular complexity index is 450. The fraction of sp³-hybridized carbons (Fsp3) is 0.588. The lowest BCUT2D eigenvalue weighted by Gasteiger charge is -2.39. The SMILES string of the molecule is CC1CCCC(C)N1CCCOc1ccc(C(N)=S)cc1. The molecule has 1 aliphatic rings. The molecule has 116 valence electrons. The minimum atomic E-state index is 0.426. The molecule has 0 amide bonds. The average Bonchev–Trinajstić information content (AvgIpc) is 2.46. The van der Waals surface area contributed by atoms with E-state index >= 15 is 0 Å². The Labute approximate surface area is 133 Å². The monoisotopic (exact) mass is 306 g/mol. The maximum atomic E-state index is 5.79. The molecule has 1 aromatic rings. The van der Waals surface area contributed by atoms with Crippen LogP contribution < -0.4 is 10.5 Å². The van der Waals surface area contributed by atoms with Crippen LogP contribution in [-0.2, 0) is 0 Å². The Morgan fingerprint density at radius 2 is 1.86 bits per heavy atom. The molecule has 2 rings (SSSR count). The van der Waals surface area contributed by atoms with E-state index < -0.39 is 0 Å². The third kappa shape index (κ3) is 4.68. The van der Waals surface area contributed by atoms with E-state index in [1.54, 1.807) is 0 Å². The lowest BCUT2D eigenvalue weighted by molar-refractivity contribution is 0.0961. The van der Waals surface area contributed by atoms with Gasteiger partial charge < -0.3 is 10.5 Å². The number of ether oxygens (including phenoxy) is 1. The number of nitrogens with zero attached hydrogens (tertiary/aromatic N) is 1. The Kier molecular flexibility index (Phi) is 6.00. The van der Waals surface area contributed by atoms with Gasteiger partial charge in [-0.25, -0.2) is 0 Å². The molecule has 1 fully saturated rings. The molecule has 0 bridgehead atoms. The number of hydrogen-bond donors (Lipinski definition) is 1. The van der Waals surface area contributed by atoms with E-state index in [1.165, 1.54) is 19.3 Å². The molecule has 2 N–H and O–H groups in total. The van der Waals surface area contributed by atoms with Crippen LogP contribution in [0.15, 0.2) is 24.3 Å². The molecule has 3 nitrogen and oxygen atoms in total. The van der Waals surface area contributed by atoms with Crippen molar-refractivity contribution in [2.24, 2.45) is 5.73 Å². The van der Waals surface area contributed by atoms with Gasteiger partial charge in [-0.3, -0.25) is 4.90 Å². The van der Waals surface area contributed by atoms with Crippen LogP contribution in [0.3, 0.4) is 0 Å². The van der Waals surface area contributed by atoms with Crippen molar-refractivity contribution in [3.8, 4) is 5.75 Å². The topological polar surface area (TPSA) is 38.5 Å². The summed E-state index contributed by atoms with van der Waals surface area (Å²) in [6.45, 7) is 6.55. The molecule has 0 radical (unpaired) electrons. The standard InChI is InChI=1S/C17H26N2OS/c1-13-5-3-6-14(2)19(13)11-4-12-20-16-9-7-15(8-10-16)17(18)21/h7-10,13-14H,3-6,11-12H2,1-2H3,(H2,18,21). The van der Waals surface area contributed by atoms with E-state index in [9.17, 15) is 0 Å². The molecule has 2 unspecified atom stereocenters. The highest BCUT2D eigenvalue weighted by Crippen LogP contribution is 2.22. The predicted molar refractivity (Wildman–Crippen MR) is 91.9 cm³/mol. The fourth-order valence-electron chi connectivity index (χ4n) is 3.07. The van der Waals surface area contributed by atoms with Crippen molar-refractivity contribution in [2.45, 2.75) is 51.6 Å². The molecule has 0 aromatic heterocycles. The van der Waals surface area contributed by atoms with E-state index in [2.05, 4.69) is 18.7 Å². The van der Waals surface area contributed by atoms with Crippen molar-refractivity contribution in [3.05, 3.63) is 29.8 Å². The summed E-state index contributed by atoms with van der Waals surface area (Å²) in [5, 5.41) is 0. The van der Waals surface area contributed by atoms with Crippen LogP contribution >= 0.6 is 12.2 Å². The third-order valence-corrected chi connectivity index (χ3v) is 4.58. The Balaban J connectivity index is 1.73. The zero-order valence-electron chi connectivity index (χ0n) is 13.0. The smallest absolute Gasteiger partial charge is 0.119 e. The van der Waals surface area contributed by atoms with Crippen molar-refractivity contribution < 1.29 is 4.74 Å². The van der Waals surface area contributed by atoms with Gasteiger partial charge in [-0.15, -0.1) is 0 Å². The number of thiocarbonyl (C=S) groups is 1. The molecule has 1 heterocycles. The van der Waals surface area contributed by atoms with Gasteiger partial charge in [-0.05, 0) is 57.4 Å². The summed E-state index contributed by atoms with van der Waals surface area (Å²) in [5.74, 6) is 0.884. The van der Waals surface area contributed by atoms with Crippen molar-refractivity contribution >= 4 is 17.2 Å². The molecule has 2 atom stereocenters. The summed E-state index contributed by atoms with van der Waals surface area (Å²) in [6.07, 6.45) is 5.08. The summed E-state index contributed by atoms with van der Waals surface area (Å²) in [6, 6.07) is 9.09. The lowest BCUT2D eigenvalue weighted by atomic mass is 9.97. The summed E-state index contributed by atoms with van der Waals surface area (Å²) in [7, 11) is 0. The zero-order valence-corrected chi connectivity index (χ0v) is 13.9. The Morgan fingerprint density at radius 1 is 1.24 bits per heavy atom. The Hall–Kier alpha value is -1.13. The first-order valence-corrected chi connectivity index (χ1v) is 8.27. The summed E-state index contributed by atoms with van der Waals surface area (Å²) in [5.41, 5.74) is 6.46. The lowest BCUT2D eigenvalue weighted by Crippen LogP contribution is -2.44. The summed E-state index contributed by atoms with van der Waals surface area (Å²) < 4.78 is 5.79. The fourth-order valence-corrected chi connectivity index (χ4v) is 3.20. The molecule has 1 aromatic carbocycles. The predicted octanol–water partition coefficient (Wildman–Crippen LogP) is 3.35. The maximum Gasteiger partial charge on any atom is 0.119 e. The first-order chi connectivity index (χ1) is 10.1. The molecule has 0 saturated carbocycles. The highest BCUT2D eigenvalue weighted by molar-refractivity contribution is 7.80. The number of rotatable bonds is 6. The molecule has 1 saturated heterocycles. The van der Waals surface area contributed by atoms with Crippen LogP contribution in [0, 0.1) is 0 Å². The van der Waals surface area contributed by atoms with Crippen LogP contribution in [0.4, 0.5) is 0 Å². The second-order valence-corrected chi connectivity index (χ2v) is 6.40. The van der Waals surface area contributed by atoms with Crippen LogP contribution in [0.1, 0.15) is 45.1 Å². The molecule has 4 heteroatoms. The van der Waals surface area contributed by atoms with Gasteiger partial charge in [0.1, 0.15) is 10.7 Å². The minimum Gasteiger partial charge on any atom is -0.494 e. The van der Waals surface area contributed by atoms with Crippen LogP contribution in [0.25, 0.3) is 0 Å². The van der Waals surface area contributed by atoms with E-state index in [0.717, 1.165) is 30.9 Å². The maximum absolute atomic E-state index is 5.79. The van der Waals surface area contributed by atoms with Gasteiger partial charge in [-0.2, -0.15) is 0 Å². The first-order valence-electron chi connectivity index (χ1n) is 7.86. The van der Waals surface area contributed by atoms with Gasteiger partial charge in [0.25, 0.3) is 0 Å². The first kappa shape index (κ1) is 16.2. The van der Waals surface area contributed by atoms with E-state index in [4.69, 9.17) is 22.7 Å². The quantitative estimate of drug-likeness (QED) is 0.646. The second kappa shape index (κ2) is 7.76. The van der Waals surface area contributed by atoms with Gasteiger partial charge in [-0.1, -0.05) is 18.6 Å². The number of piperidine rings is 1. The third-order valence-electron chi connectivity index (χ3n) is 4.34. The highest BCUT2D eigenvalue weighted by atomic mass is 32.1. The number of likely N-dealkylation sites (tertiary alicyclic amines) is 1. The van der Waals surface area contributed by atoms with E-state index in [-0.39, 0.29) is 0 Å². The zero-order chi connectivity index (χ0) is 15.2. The summed E-state index contributed by atoms with van der Waals surface area (Å²) in [4.78, 5) is 3.04. The van der Waals surface area contributed by atoms with E-state index in [0.29, 0.717) is 17.1 Å². The van der Waals surface area contributed by atoms with Crippen molar-refractivity contribution in [1.82, 2.24) is 4.90 Å². The van der Waals surface area contributed by atoms with Crippen LogP contribution in [-0.4, -0.2) is 35.1 Å². The molecule has 21 heavy (non-hydrogen) atoms. The summed E-state index contributed by atoms with van der Waals surface area (Å²) >= 11 is 4.94. The van der Waals surface area contributed by atoms with Gasteiger partial charge >= 0.3 is 0 Å². The van der Waals surface area contributed by atoms with Crippen molar-refractivity contribution in [1.29, 1.82) is 0 Å². The van der Waals surface area contributed by atoms with Crippen LogP contribution in [0.2, 0.25) is 0 Å². The molecular weight excluding hydrogens is 280 g/mol. The Morgan fingerprint density at radius 3 is 2.43 bits per heavy atom. The highest BCUT2D eigenvalue weighted by Gasteiger charge is 2.23. The molecule has 0 aliphatic carbocycles. The van der Waals surface area contributed by atoms with Gasteiger partial charge in [0.05, 0.1) is 6.61 Å².